The smallest absolute Gasteiger partial charge is 0.266 e. The van der Waals surface area contributed by atoms with Crippen molar-refractivity contribution in [2.45, 2.75) is 11.8 Å². The number of nitrogens with one attached hydrogen (secondary N) is 2. The molecule has 0 amide bonds. The molecule has 0 saturated carbocycles. The van der Waals surface area contributed by atoms with Gasteiger partial charge in [-0.25, -0.2) is 13.1 Å². The minimum absolute atomic E-state index is 0.0849. The van der Waals surface area contributed by atoms with E-state index < -0.39 is 15.6 Å². The lowest BCUT2D eigenvalue weighted by molar-refractivity contribution is 0.584. The molecule has 88 valence electrons. The Morgan fingerprint density at radius 2 is 2.25 bits per heavy atom. The second-order valence-electron chi connectivity index (χ2n) is 3.29. The van der Waals surface area contributed by atoms with Crippen LogP contribution in [0.5, 0.6) is 0 Å². The highest BCUT2D eigenvalue weighted by atomic mass is 35.5. The molecular weight excluding hydrogens is 252 g/mol. The summed E-state index contributed by atoms with van der Waals surface area (Å²) < 4.78 is 25.6. The van der Waals surface area contributed by atoms with Crippen molar-refractivity contribution in [2.24, 2.45) is 0 Å². The zero-order valence-electron chi connectivity index (χ0n) is 8.58. The third kappa shape index (κ3) is 3.19. The second kappa shape index (κ2) is 4.82. The normalized spacial score (nSPS) is 11.4. The highest BCUT2D eigenvalue weighted by Gasteiger charge is 2.14. The van der Waals surface area contributed by atoms with Crippen LogP contribution in [0.15, 0.2) is 34.1 Å². The first kappa shape index (κ1) is 13.0. The summed E-state index contributed by atoms with van der Waals surface area (Å²) in [7, 11) is -3.66. The summed E-state index contributed by atoms with van der Waals surface area (Å²) in [5.41, 5.74) is 0.152. The van der Waals surface area contributed by atoms with Crippen LogP contribution < -0.4 is 10.3 Å². The predicted molar refractivity (Wildman–Crippen MR) is 62.1 cm³/mol. The quantitative estimate of drug-likeness (QED) is 0.791. The van der Waals surface area contributed by atoms with Crippen LogP contribution in [0, 0.1) is 0 Å². The van der Waals surface area contributed by atoms with Crippen molar-refractivity contribution in [2.75, 3.05) is 6.54 Å². The molecule has 16 heavy (non-hydrogen) atoms. The Labute approximate surface area is 98.2 Å². The van der Waals surface area contributed by atoms with E-state index in [2.05, 4.69) is 16.3 Å². The Kier molecular flexibility index (Phi) is 3.90. The van der Waals surface area contributed by atoms with Gasteiger partial charge in [-0.15, -0.1) is 0 Å². The molecule has 0 aliphatic heterocycles. The molecule has 0 bridgehead atoms. The molecule has 0 atom stereocenters. The van der Waals surface area contributed by atoms with E-state index in [0.29, 0.717) is 5.57 Å². The molecule has 0 fully saturated rings. The maximum atomic E-state index is 11.7. The molecule has 1 rings (SSSR count). The van der Waals surface area contributed by atoms with Crippen molar-refractivity contribution in [1.29, 1.82) is 0 Å². The van der Waals surface area contributed by atoms with Crippen LogP contribution in [-0.4, -0.2) is 19.9 Å². The summed E-state index contributed by atoms with van der Waals surface area (Å²) in [5, 5.41) is -0.168. The van der Waals surface area contributed by atoms with Gasteiger partial charge in [-0.3, -0.25) is 4.79 Å². The van der Waals surface area contributed by atoms with E-state index >= 15 is 0 Å². The van der Waals surface area contributed by atoms with Gasteiger partial charge in [0, 0.05) is 12.7 Å². The molecule has 0 radical (unpaired) electrons. The minimum atomic E-state index is -3.66. The number of sulfonamides is 1. The lowest BCUT2D eigenvalue weighted by Gasteiger charge is -2.06. The average Bonchev–Trinajstić information content (AvgIpc) is 2.19. The molecule has 0 aliphatic carbocycles. The van der Waals surface area contributed by atoms with Crippen LogP contribution in [0.25, 0.3) is 0 Å². The Morgan fingerprint density at radius 3 is 2.75 bits per heavy atom. The highest BCUT2D eigenvalue weighted by molar-refractivity contribution is 7.89. The largest absolute Gasteiger partial charge is 0.326 e. The monoisotopic (exact) mass is 262 g/mol. The molecule has 0 aliphatic rings. The molecule has 0 spiro atoms. The van der Waals surface area contributed by atoms with Gasteiger partial charge in [0.15, 0.2) is 0 Å². The fourth-order valence-corrected chi connectivity index (χ4v) is 2.22. The number of hydrogen-bond acceptors (Lipinski definition) is 3. The van der Waals surface area contributed by atoms with Crippen molar-refractivity contribution in [3.05, 3.63) is 39.8 Å². The molecule has 1 aromatic heterocycles. The molecule has 1 heterocycles. The molecule has 1 aromatic rings. The van der Waals surface area contributed by atoms with Gasteiger partial charge >= 0.3 is 0 Å². The lowest BCUT2D eigenvalue weighted by Crippen LogP contribution is -2.26. The Balaban J connectivity index is 3.03. The van der Waals surface area contributed by atoms with Gasteiger partial charge in [-0.1, -0.05) is 23.8 Å². The van der Waals surface area contributed by atoms with Crippen LogP contribution in [-0.2, 0) is 10.0 Å². The van der Waals surface area contributed by atoms with Crippen LogP contribution in [0.1, 0.15) is 6.92 Å². The first-order valence-electron chi connectivity index (χ1n) is 4.35. The number of aromatic amines is 1. The van der Waals surface area contributed by atoms with Crippen LogP contribution in [0.2, 0.25) is 5.02 Å². The van der Waals surface area contributed by atoms with E-state index in [9.17, 15) is 13.2 Å². The van der Waals surface area contributed by atoms with E-state index in [0.717, 1.165) is 12.3 Å². The van der Waals surface area contributed by atoms with Crippen molar-refractivity contribution in [3.8, 4) is 0 Å². The number of hydrogen-bond donors (Lipinski definition) is 2. The summed E-state index contributed by atoms with van der Waals surface area (Å²) in [6.45, 7) is 5.41. The third-order valence-corrected chi connectivity index (χ3v) is 3.37. The molecule has 2 N–H and O–H groups in total. The van der Waals surface area contributed by atoms with E-state index in [1.54, 1.807) is 6.92 Å². The van der Waals surface area contributed by atoms with Crippen molar-refractivity contribution in [3.63, 3.8) is 0 Å². The highest BCUT2D eigenvalue weighted by Crippen LogP contribution is 2.10. The summed E-state index contributed by atoms with van der Waals surface area (Å²) in [6, 6.07) is 1.10. The maximum absolute atomic E-state index is 11.7. The summed E-state index contributed by atoms with van der Waals surface area (Å²) in [6.07, 6.45) is 1.09. The minimum Gasteiger partial charge on any atom is -0.326 e. The van der Waals surface area contributed by atoms with Crippen LogP contribution >= 0.6 is 11.6 Å². The Bertz CT molecular complexity index is 562. The lowest BCUT2D eigenvalue weighted by atomic mass is 10.4. The molecule has 5 nitrogen and oxygen atoms in total. The topological polar surface area (TPSA) is 79.0 Å². The molecule has 0 aromatic carbocycles. The summed E-state index contributed by atoms with van der Waals surface area (Å²) >= 11 is 5.53. The zero-order valence-corrected chi connectivity index (χ0v) is 10.2. The SMILES string of the molecule is C=C(C)CNS(=O)(=O)c1c[nH]c(=O)c(Cl)c1. The fraction of sp³-hybridized carbons (Fsp3) is 0.222. The van der Waals surface area contributed by atoms with Gasteiger partial charge in [-0.2, -0.15) is 0 Å². The van der Waals surface area contributed by atoms with Crippen LogP contribution in [0.4, 0.5) is 0 Å². The zero-order chi connectivity index (χ0) is 12.3. The molecular formula is C9H11ClN2O3S. The van der Waals surface area contributed by atoms with E-state index in [1.807, 2.05) is 0 Å². The first-order chi connectivity index (χ1) is 7.33. The Hall–Kier alpha value is -1.11. The van der Waals surface area contributed by atoms with Gasteiger partial charge in [-0.05, 0) is 13.0 Å². The standard InChI is InChI=1S/C9H11ClN2O3S/c1-6(2)4-12-16(14,15)7-3-8(10)9(13)11-5-7/h3,5,12H,1,4H2,2H3,(H,11,13). The number of rotatable bonds is 4. The van der Waals surface area contributed by atoms with Crippen LogP contribution in [0.3, 0.4) is 0 Å². The van der Waals surface area contributed by atoms with Crippen molar-refractivity contribution in [1.82, 2.24) is 9.71 Å². The predicted octanol–water partition coefficient (Wildman–Crippen LogP) is 0.883. The van der Waals surface area contributed by atoms with Gasteiger partial charge in [0.1, 0.15) is 5.02 Å². The number of halogens is 1. The van der Waals surface area contributed by atoms with E-state index in [-0.39, 0.29) is 16.5 Å². The summed E-state index contributed by atoms with van der Waals surface area (Å²) in [4.78, 5) is 13.1. The molecule has 7 heteroatoms. The van der Waals surface area contributed by atoms with Crippen molar-refractivity contribution < 1.29 is 8.42 Å². The second-order valence-corrected chi connectivity index (χ2v) is 5.47. The number of H-pyrrole nitrogens is 1. The number of pyridine rings is 1. The Morgan fingerprint density at radius 1 is 1.62 bits per heavy atom. The van der Waals surface area contributed by atoms with Crippen molar-refractivity contribution >= 4 is 21.6 Å². The van der Waals surface area contributed by atoms with Gasteiger partial charge in [0.05, 0.1) is 4.90 Å². The van der Waals surface area contributed by atoms with Gasteiger partial charge < -0.3 is 4.98 Å². The molecule has 0 unspecified atom stereocenters. The molecule has 0 saturated heterocycles. The van der Waals surface area contributed by atoms with Gasteiger partial charge in [0.2, 0.25) is 10.0 Å². The maximum Gasteiger partial charge on any atom is 0.266 e. The summed E-state index contributed by atoms with van der Waals surface area (Å²) in [5.74, 6) is 0. The van der Waals surface area contributed by atoms with E-state index in [1.165, 1.54) is 0 Å². The van der Waals surface area contributed by atoms with E-state index in [4.69, 9.17) is 11.6 Å². The fourth-order valence-electron chi connectivity index (χ4n) is 0.894. The third-order valence-electron chi connectivity index (χ3n) is 1.71. The number of aromatic nitrogens is 1. The average molecular weight is 263 g/mol. The first-order valence-corrected chi connectivity index (χ1v) is 6.21. The van der Waals surface area contributed by atoms with Gasteiger partial charge in [0.25, 0.3) is 5.56 Å².